The minimum Gasteiger partial charge on any atom is -0.350 e. The number of alkyl halides is 2. The second-order valence-corrected chi connectivity index (χ2v) is 11.1. The van der Waals surface area contributed by atoms with Crippen molar-refractivity contribution in [2.45, 2.75) is 63.8 Å². The summed E-state index contributed by atoms with van der Waals surface area (Å²) in [5.41, 5.74) is 2.27. The first-order chi connectivity index (χ1) is 15.4. The summed E-state index contributed by atoms with van der Waals surface area (Å²) in [5, 5.41) is 3.25. The number of halogens is 2. The standard InChI is InChI=1S/C25H32F2N4O/c26-25(27)5-2-6-30(16-25)13-20-14-31-21(3-1-4-22(31)29-20)23(32)28-15-24-10-17-7-18(11-24)9-19(8-17)12-24/h1,3-4,14,17-19H,2,5-13,15-16H2,(H,28,32). The van der Waals surface area contributed by atoms with Crippen LogP contribution < -0.4 is 5.32 Å². The Morgan fingerprint density at radius 3 is 2.53 bits per heavy atom. The van der Waals surface area contributed by atoms with Gasteiger partial charge in [-0.25, -0.2) is 13.8 Å². The zero-order chi connectivity index (χ0) is 21.9. The molecule has 5 aliphatic rings. The molecule has 1 N–H and O–H groups in total. The number of piperidine rings is 1. The molecule has 7 rings (SSSR count). The molecule has 1 aliphatic heterocycles. The fourth-order valence-electron chi connectivity index (χ4n) is 7.60. The van der Waals surface area contributed by atoms with Crippen molar-refractivity contribution in [2.75, 3.05) is 19.6 Å². The van der Waals surface area contributed by atoms with E-state index in [1.54, 1.807) is 4.90 Å². The number of imidazole rings is 1. The van der Waals surface area contributed by atoms with Crippen LogP contribution in [-0.2, 0) is 6.54 Å². The third-order valence-corrected chi connectivity index (χ3v) is 8.42. The minimum atomic E-state index is -2.63. The number of aromatic nitrogens is 2. The van der Waals surface area contributed by atoms with Crippen molar-refractivity contribution in [3.63, 3.8) is 0 Å². The molecule has 0 unspecified atom stereocenters. The zero-order valence-corrected chi connectivity index (χ0v) is 18.5. The van der Waals surface area contributed by atoms with Gasteiger partial charge in [0.05, 0.1) is 12.2 Å². The third-order valence-electron chi connectivity index (χ3n) is 8.42. The zero-order valence-electron chi connectivity index (χ0n) is 18.5. The van der Waals surface area contributed by atoms with Crippen molar-refractivity contribution in [1.82, 2.24) is 19.6 Å². The summed E-state index contributed by atoms with van der Waals surface area (Å²) in [4.78, 5) is 19.5. The van der Waals surface area contributed by atoms with Crippen LogP contribution in [0.1, 0.15) is 67.5 Å². The van der Waals surface area contributed by atoms with Gasteiger partial charge in [0.2, 0.25) is 0 Å². The smallest absolute Gasteiger partial charge is 0.268 e. The number of carbonyl (C=O) groups is 1. The lowest BCUT2D eigenvalue weighted by atomic mass is 9.49. The fraction of sp³-hybridized carbons (Fsp3) is 0.680. The van der Waals surface area contributed by atoms with Gasteiger partial charge in [-0.05, 0) is 86.8 Å². The molecule has 0 radical (unpaired) electrons. The topological polar surface area (TPSA) is 49.6 Å². The summed E-state index contributed by atoms with van der Waals surface area (Å²) >= 11 is 0. The van der Waals surface area contributed by atoms with Crippen LogP contribution in [0.15, 0.2) is 24.4 Å². The Morgan fingerprint density at radius 2 is 1.84 bits per heavy atom. The van der Waals surface area contributed by atoms with Gasteiger partial charge in [-0.1, -0.05) is 6.07 Å². The maximum atomic E-state index is 13.8. The van der Waals surface area contributed by atoms with Gasteiger partial charge in [-0.2, -0.15) is 0 Å². The van der Waals surface area contributed by atoms with E-state index >= 15 is 0 Å². The van der Waals surface area contributed by atoms with Crippen LogP contribution in [0.4, 0.5) is 8.78 Å². The second-order valence-electron chi connectivity index (χ2n) is 11.1. The highest BCUT2D eigenvalue weighted by molar-refractivity contribution is 5.93. The van der Waals surface area contributed by atoms with Gasteiger partial charge in [-0.15, -0.1) is 0 Å². The third kappa shape index (κ3) is 3.82. The summed E-state index contributed by atoms with van der Waals surface area (Å²) in [6, 6.07) is 5.54. The molecule has 32 heavy (non-hydrogen) atoms. The molecule has 5 fully saturated rings. The van der Waals surface area contributed by atoms with Crippen molar-refractivity contribution in [3.05, 3.63) is 35.8 Å². The predicted molar refractivity (Wildman–Crippen MR) is 118 cm³/mol. The summed E-state index contributed by atoms with van der Waals surface area (Å²) in [5.74, 6) is -0.112. The summed E-state index contributed by atoms with van der Waals surface area (Å²) < 4.78 is 29.3. The monoisotopic (exact) mass is 442 g/mol. The molecule has 0 aromatic carbocycles. The van der Waals surface area contributed by atoms with Gasteiger partial charge in [0.15, 0.2) is 0 Å². The predicted octanol–water partition coefficient (Wildman–Crippen LogP) is 4.51. The number of nitrogens with zero attached hydrogens (tertiary/aromatic N) is 3. The number of likely N-dealkylation sites (tertiary alicyclic amines) is 1. The van der Waals surface area contributed by atoms with E-state index in [0.717, 1.165) is 30.0 Å². The Labute approximate surface area is 187 Å². The van der Waals surface area contributed by atoms with Gasteiger partial charge in [-0.3, -0.25) is 14.1 Å². The maximum absolute atomic E-state index is 13.8. The van der Waals surface area contributed by atoms with E-state index in [1.165, 1.54) is 38.5 Å². The highest BCUT2D eigenvalue weighted by atomic mass is 19.3. The normalized spacial score (nSPS) is 33.6. The number of pyridine rings is 1. The number of amides is 1. The molecule has 2 aromatic heterocycles. The Bertz CT molecular complexity index is 997. The summed E-state index contributed by atoms with van der Waals surface area (Å²) in [7, 11) is 0. The maximum Gasteiger partial charge on any atom is 0.268 e. The van der Waals surface area contributed by atoms with Gasteiger partial charge < -0.3 is 5.32 Å². The number of rotatable bonds is 5. The molecule has 1 saturated heterocycles. The van der Waals surface area contributed by atoms with Crippen molar-refractivity contribution >= 4 is 11.6 Å². The van der Waals surface area contributed by atoms with E-state index in [-0.39, 0.29) is 24.3 Å². The van der Waals surface area contributed by atoms with Gasteiger partial charge >= 0.3 is 0 Å². The molecule has 4 aliphatic carbocycles. The molecular weight excluding hydrogens is 410 g/mol. The van der Waals surface area contributed by atoms with E-state index in [4.69, 9.17) is 0 Å². The molecule has 1 amide bonds. The first-order valence-corrected chi connectivity index (χ1v) is 12.2. The molecular formula is C25H32F2N4O. The number of nitrogens with one attached hydrogen (secondary N) is 1. The average molecular weight is 443 g/mol. The Morgan fingerprint density at radius 1 is 1.12 bits per heavy atom. The van der Waals surface area contributed by atoms with Gasteiger partial charge in [0.1, 0.15) is 11.3 Å². The second kappa shape index (κ2) is 7.51. The largest absolute Gasteiger partial charge is 0.350 e. The molecule has 2 aromatic rings. The minimum absolute atomic E-state index is 0.0390. The van der Waals surface area contributed by atoms with E-state index < -0.39 is 5.92 Å². The summed E-state index contributed by atoms with van der Waals surface area (Å²) in [6.45, 7) is 1.57. The van der Waals surface area contributed by atoms with Crippen molar-refractivity contribution in [2.24, 2.45) is 23.2 Å². The first-order valence-electron chi connectivity index (χ1n) is 12.2. The number of hydrogen-bond donors (Lipinski definition) is 1. The molecule has 5 nitrogen and oxygen atoms in total. The summed E-state index contributed by atoms with van der Waals surface area (Å²) in [6.07, 6.45) is 10.3. The number of hydrogen-bond acceptors (Lipinski definition) is 3. The quantitative estimate of drug-likeness (QED) is 0.741. The van der Waals surface area contributed by atoms with E-state index in [0.29, 0.717) is 30.9 Å². The van der Waals surface area contributed by atoms with Crippen molar-refractivity contribution in [1.29, 1.82) is 0 Å². The molecule has 172 valence electrons. The van der Waals surface area contributed by atoms with Crippen LogP contribution in [0.2, 0.25) is 0 Å². The Hall–Kier alpha value is -2.02. The SMILES string of the molecule is O=C(NCC12CC3CC(CC(C3)C1)C2)c1cccc2nc(CN3CCCC(F)(F)C3)cn12. The average Bonchev–Trinajstić information content (AvgIpc) is 3.12. The lowest BCUT2D eigenvalue weighted by Crippen LogP contribution is -2.51. The molecule has 0 spiro atoms. The van der Waals surface area contributed by atoms with Crippen LogP contribution in [0.3, 0.4) is 0 Å². The van der Waals surface area contributed by atoms with Crippen LogP contribution >= 0.6 is 0 Å². The first kappa shape index (κ1) is 20.6. The van der Waals surface area contributed by atoms with Crippen molar-refractivity contribution < 1.29 is 13.6 Å². The molecule has 3 heterocycles. The van der Waals surface area contributed by atoms with Crippen molar-refractivity contribution in [3.8, 4) is 0 Å². The highest BCUT2D eigenvalue weighted by Gasteiger charge is 2.50. The highest BCUT2D eigenvalue weighted by Crippen LogP contribution is 2.59. The molecule has 0 atom stereocenters. The lowest BCUT2D eigenvalue weighted by molar-refractivity contribution is -0.0663. The Kier molecular flexibility index (Phi) is 4.83. The van der Waals surface area contributed by atoms with Crippen LogP contribution in [0, 0.1) is 23.2 Å². The van der Waals surface area contributed by atoms with Crippen LogP contribution in [0.5, 0.6) is 0 Å². The van der Waals surface area contributed by atoms with Crippen LogP contribution in [-0.4, -0.2) is 45.7 Å². The van der Waals surface area contributed by atoms with E-state index in [2.05, 4.69) is 10.3 Å². The van der Waals surface area contributed by atoms with Gasteiger partial charge in [0.25, 0.3) is 11.8 Å². The number of fused-ring (bicyclic) bond motifs is 1. The fourth-order valence-corrected chi connectivity index (χ4v) is 7.60. The van der Waals surface area contributed by atoms with E-state index in [9.17, 15) is 13.6 Å². The Balaban J connectivity index is 1.16. The number of carbonyl (C=O) groups excluding carboxylic acids is 1. The lowest BCUT2D eigenvalue weighted by Gasteiger charge is -2.56. The molecule has 4 saturated carbocycles. The molecule has 7 heteroatoms. The molecule has 4 bridgehead atoms. The van der Waals surface area contributed by atoms with Crippen LogP contribution in [0.25, 0.3) is 5.65 Å². The van der Waals surface area contributed by atoms with E-state index in [1.807, 2.05) is 28.8 Å². The van der Waals surface area contributed by atoms with Gasteiger partial charge in [0, 0.05) is 25.7 Å².